The number of halogens is 2. The van der Waals surface area contributed by atoms with Gasteiger partial charge in [0, 0.05) is 17.6 Å². The van der Waals surface area contributed by atoms with Crippen LogP contribution in [0.4, 0.5) is 19.3 Å². The third-order valence-corrected chi connectivity index (χ3v) is 5.33. The molecule has 2 unspecified atom stereocenters. The number of aromatic nitrogens is 2. The van der Waals surface area contributed by atoms with Gasteiger partial charge in [0.25, 0.3) is 0 Å². The quantitative estimate of drug-likeness (QED) is 0.878. The third-order valence-electron chi connectivity index (χ3n) is 5.33. The Balaban J connectivity index is 1.58. The van der Waals surface area contributed by atoms with Gasteiger partial charge in [0.1, 0.15) is 5.82 Å². The SMILES string of the molecule is Cc1cc(F)c(NC(=O)N2C3CC(C)C[C@H]2C3)cc1-c1ncc(F)cn1. The van der Waals surface area contributed by atoms with Crippen molar-refractivity contribution in [2.45, 2.75) is 45.2 Å². The molecule has 2 saturated heterocycles. The minimum Gasteiger partial charge on any atom is -0.318 e. The minimum absolute atomic E-state index is 0.0848. The largest absolute Gasteiger partial charge is 0.322 e. The Morgan fingerprint density at radius 2 is 1.81 bits per heavy atom. The topological polar surface area (TPSA) is 58.1 Å². The van der Waals surface area contributed by atoms with E-state index in [0.29, 0.717) is 17.0 Å². The van der Waals surface area contributed by atoms with Crippen molar-refractivity contribution in [1.29, 1.82) is 0 Å². The first-order chi connectivity index (χ1) is 12.4. The third kappa shape index (κ3) is 2.91. The molecule has 0 radical (unpaired) electrons. The highest BCUT2D eigenvalue weighted by Gasteiger charge is 2.46. The molecule has 1 aromatic heterocycles. The van der Waals surface area contributed by atoms with Crippen LogP contribution in [0.3, 0.4) is 0 Å². The number of carbonyl (C=O) groups excluding carboxylic acids is 1. The molecule has 3 heterocycles. The Hall–Kier alpha value is -2.57. The number of fused-ring (bicyclic) bond motifs is 2. The van der Waals surface area contributed by atoms with E-state index in [-0.39, 0.29) is 29.6 Å². The second-order valence-electron chi connectivity index (χ2n) is 7.33. The lowest BCUT2D eigenvalue weighted by Crippen LogP contribution is -2.63. The van der Waals surface area contributed by atoms with Gasteiger partial charge in [-0.15, -0.1) is 0 Å². The number of anilines is 1. The van der Waals surface area contributed by atoms with E-state index >= 15 is 0 Å². The molecule has 3 atom stereocenters. The first-order valence-electron chi connectivity index (χ1n) is 8.79. The van der Waals surface area contributed by atoms with Crippen LogP contribution in [0.25, 0.3) is 11.4 Å². The summed E-state index contributed by atoms with van der Waals surface area (Å²) in [6, 6.07) is 3.06. The number of amides is 2. The molecule has 7 heteroatoms. The molecule has 2 aromatic rings. The van der Waals surface area contributed by atoms with Crippen LogP contribution >= 0.6 is 0 Å². The van der Waals surface area contributed by atoms with E-state index in [1.54, 1.807) is 6.92 Å². The predicted molar refractivity (Wildman–Crippen MR) is 93.6 cm³/mol. The molecule has 2 aliphatic heterocycles. The van der Waals surface area contributed by atoms with Crippen LogP contribution in [-0.2, 0) is 0 Å². The van der Waals surface area contributed by atoms with Crippen molar-refractivity contribution in [3.63, 3.8) is 0 Å². The Labute approximate surface area is 150 Å². The van der Waals surface area contributed by atoms with Crippen molar-refractivity contribution in [1.82, 2.24) is 14.9 Å². The number of benzene rings is 1. The lowest BCUT2D eigenvalue weighted by atomic mass is 9.74. The Kier molecular flexibility index (Phi) is 4.09. The Morgan fingerprint density at radius 1 is 1.15 bits per heavy atom. The number of hydrogen-bond donors (Lipinski definition) is 1. The lowest BCUT2D eigenvalue weighted by Gasteiger charge is -2.54. The summed E-state index contributed by atoms with van der Waals surface area (Å²) in [7, 11) is 0. The highest BCUT2D eigenvalue weighted by molar-refractivity contribution is 5.91. The molecule has 26 heavy (non-hydrogen) atoms. The van der Waals surface area contributed by atoms with E-state index in [1.165, 1.54) is 12.1 Å². The summed E-state index contributed by atoms with van der Waals surface area (Å²) in [4.78, 5) is 22.3. The van der Waals surface area contributed by atoms with Crippen molar-refractivity contribution >= 4 is 11.7 Å². The van der Waals surface area contributed by atoms with Gasteiger partial charge in [-0.25, -0.2) is 23.5 Å². The van der Waals surface area contributed by atoms with Gasteiger partial charge in [0.2, 0.25) is 0 Å². The van der Waals surface area contributed by atoms with Crippen LogP contribution in [0, 0.1) is 24.5 Å². The van der Waals surface area contributed by atoms with Crippen molar-refractivity contribution in [3.8, 4) is 11.4 Å². The number of nitrogens with one attached hydrogen (secondary N) is 1. The van der Waals surface area contributed by atoms with Gasteiger partial charge in [-0.2, -0.15) is 0 Å². The highest BCUT2D eigenvalue weighted by atomic mass is 19.1. The smallest absolute Gasteiger partial charge is 0.318 e. The predicted octanol–water partition coefficient (Wildman–Crippen LogP) is 4.13. The van der Waals surface area contributed by atoms with Gasteiger partial charge in [0.05, 0.1) is 18.1 Å². The van der Waals surface area contributed by atoms with Crippen LogP contribution in [0.2, 0.25) is 0 Å². The molecule has 1 N–H and O–H groups in total. The van der Waals surface area contributed by atoms with Crippen molar-refractivity contribution in [2.75, 3.05) is 5.32 Å². The van der Waals surface area contributed by atoms with E-state index in [4.69, 9.17) is 0 Å². The molecule has 1 aromatic carbocycles. The lowest BCUT2D eigenvalue weighted by molar-refractivity contribution is -0.00603. The fourth-order valence-corrected chi connectivity index (χ4v) is 4.12. The second kappa shape index (κ2) is 6.30. The summed E-state index contributed by atoms with van der Waals surface area (Å²) in [5.41, 5.74) is 1.25. The molecule has 2 bridgehead atoms. The van der Waals surface area contributed by atoms with Crippen LogP contribution in [0.15, 0.2) is 24.5 Å². The summed E-state index contributed by atoms with van der Waals surface area (Å²) in [6.07, 6.45) is 5.14. The van der Waals surface area contributed by atoms with Crippen molar-refractivity contribution < 1.29 is 13.6 Å². The number of carbonyl (C=O) groups is 1. The van der Waals surface area contributed by atoms with E-state index < -0.39 is 11.6 Å². The molecule has 0 saturated carbocycles. The number of rotatable bonds is 2. The number of piperidine rings is 1. The highest BCUT2D eigenvalue weighted by Crippen LogP contribution is 2.41. The maximum absolute atomic E-state index is 14.4. The monoisotopic (exact) mass is 358 g/mol. The summed E-state index contributed by atoms with van der Waals surface area (Å²) in [5.74, 6) is -0.142. The molecule has 2 amide bonds. The van der Waals surface area contributed by atoms with E-state index in [0.717, 1.165) is 31.7 Å². The molecule has 5 nitrogen and oxygen atoms in total. The summed E-state index contributed by atoms with van der Waals surface area (Å²) in [6.45, 7) is 3.92. The van der Waals surface area contributed by atoms with Gasteiger partial charge in [-0.3, -0.25) is 0 Å². The van der Waals surface area contributed by atoms with Gasteiger partial charge in [-0.1, -0.05) is 6.92 Å². The molecular weight excluding hydrogens is 338 g/mol. The van der Waals surface area contributed by atoms with Gasteiger partial charge >= 0.3 is 6.03 Å². The van der Waals surface area contributed by atoms with Gasteiger partial charge < -0.3 is 10.2 Å². The first-order valence-corrected chi connectivity index (χ1v) is 8.79. The molecule has 136 valence electrons. The number of nitrogens with zero attached hydrogens (tertiary/aromatic N) is 3. The van der Waals surface area contributed by atoms with Crippen LogP contribution in [0.1, 0.15) is 31.7 Å². The average Bonchev–Trinajstić information content (AvgIpc) is 2.58. The number of aryl methyl sites for hydroxylation is 1. The van der Waals surface area contributed by atoms with Crippen LogP contribution in [0.5, 0.6) is 0 Å². The zero-order valence-corrected chi connectivity index (χ0v) is 14.7. The maximum Gasteiger partial charge on any atom is 0.322 e. The maximum atomic E-state index is 14.4. The summed E-state index contributed by atoms with van der Waals surface area (Å²) >= 11 is 0. The molecule has 0 spiro atoms. The number of hydrogen-bond acceptors (Lipinski definition) is 3. The van der Waals surface area contributed by atoms with Gasteiger partial charge in [0.15, 0.2) is 11.6 Å². The number of urea groups is 1. The Bertz CT molecular complexity index is 843. The first kappa shape index (κ1) is 16.9. The van der Waals surface area contributed by atoms with E-state index in [2.05, 4.69) is 22.2 Å². The van der Waals surface area contributed by atoms with Crippen LogP contribution < -0.4 is 5.32 Å². The molecular formula is C19H20F2N4O. The minimum atomic E-state index is -0.541. The fourth-order valence-electron chi connectivity index (χ4n) is 4.12. The molecule has 2 fully saturated rings. The standard InChI is InChI=1S/C19H20F2N4O/c1-10-3-13-6-14(4-10)25(13)19(26)24-17-7-15(11(2)5-16(17)21)18-22-8-12(20)9-23-18/h5,7-10,13-14H,3-4,6H2,1-2H3,(H,24,26)/t10?,13-,14?/m0/s1. The van der Waals surface area contributed by atoms with E-state index in [9.17, 15) is 13.6 Å². The summed E-state index contributed by atoms with van der Waals surface area (Å²) in [5, 5.41) is 2.69. The normalized spacial score (nSPS) is 24.2. The molecule has 2 aliphatic rings. The Morgan fingerprint density at radius 3 is 2.46 bits per heavy atom. The zero-order valence-electron chi connectivity index (χ0n) is 14.7. The van der Waals surface area contributed by atoms with Gasteiger partial charge in [-0.05, 0) is 49.8 Å². The van der Waals surface area contributed by atoms with Crippen molar-refractivity contribution in [2.24, 2.45) is 5.92 Å². The van der Waals surface area contributed by atoms with Crippen LogP contribution in [-0.4, -0.2) is 33.0 Å². The second-order valence-corrected chi connectivity index (χ2v) is 7.33. The average molecular weight is 358 g/mol. The molecule has 4 rings (SSSR count). The van der Waals surface area contributed by atoms with Crippen molar-refractivity contribution in [3.05, 3.63) is 41.7 Å². The summed E-state index contributed by atoms with van der Waals surface area (Å²) < 4.78 is 27.4. The van der Waals surface area contributed by atoms with E-state index in [1.807, 2.05) is 4.90 Å². The fraction of sp³-hybridized carbons (Fsp3) is 0.421. The zero-order chi connectivity index (χ0) is 18.4. The molecule has 0 aliphatic carbocycles.